The molecule has 15 heavy (non-hydrogen) atoms. The Morgan fingerprint density at radius 2 is 2.07 bits per heavy atom. The summed E-state index contributed by atoms with van der Waals surface area (Å²) in [4.78, 5) is 25.4. The molecule has 1 saturated heterocycles. The molecular weight excluding hydrogens is 200 g/mol. The highest BCUT2D eigenvalue weighted by Crippen LogP contribution is 2.03. The zero-order chi connectivity index (χ0) is 10.8. The molecule has 0 radical (unpaired) electrons. The van der Waals surface area contributed by atoms with Crippen LogP contribution in [0.3, 0.4) is 0 Å². The maximum absolute atomic E-state index is 10.8. The van der Waals surface area contributed by atoms with E-state index in [4.69, 9.17) is 4.52 Å². The predicted molar refractivity (Wildman–Crippen MR) is 48.7 cm³/mol. The summed E-state index contributed by atoms with van der Waals surface area (Å²) in [6, 6.07) is 1.72. The van der Waals surface area contributed by atoms with Gasteiger partial charge in [-0.2, -0.15) is 0 Å². The van der Waals surface area contributed by atoms with Crippen molar-refractivity contribution in [2.45, 2.75) is 13.5 Å². The summed E-state index contributed by atoms with van der Waals surface area (Å²) >= 11 is 0. The van der Waals surface area contributed by atoms with E-state index in [9.17, 15) is 9.59 Å². The van der Waals surface area contributed by atoms with Gasteiger partial charge in [-0.25, -0.2) is 4.99 Å². The minimum Gasteiger partial charge on any atom is -0.359 e. The third kappa shape index (κ3) is 2.01. The molecule has 7 nitrogen and oxygen atoms in total. The molecule has 0 spiro atoms. The Kier molecular flexibility index (Phi) is 2.20. The Hall–Kier alpha value is -2.18. The minimum absolute atomic E-state index is 0.138. The maximum atomic E-state index is 10.8. The highest BCUT2D eigenvalue weighted by Gasteiger charge is 2.24. The predicted octanol–water partition coefficient (Wildman–Crippen LogP) is -0.915. The van der Waals surface area contributed by atoms with E-state index in [2.05, 4.69) is 20.8 Å². The van der Waals surface area contributed by atoms with Crippen LogP contribution >= 0.6 is 0 Å². The van der Waals surface area contributed by atoms with Crippen molar-refractivity contribution in [1.29, 1.82) is 0 Å². The molecule has 0 bridgehead atoms. The standard InChI is InChI=1S/C8H8N4O3/c1-4-2-5(15-12-4)3-9-8-10-6(13)7(14)11-8/h2H,3H2,1H3,(H2,9,10,11,13,14). The summed E-state index contributed by atoms with van der Waals surface area (Å²) in [6.45, 7) is 2.01. The van der Waals surface area contributed by atoms with Gasteiger partial charge in [0.15, 0.2) is 5.76 Å². The van der Waals surface area contributed by atoms with Gasteiger partial charge in [0.25, 0.3) is 0 Å². The second-order valence-corrected chi connectivity index (χ2v) is 3.01. The van der Waals surface area contributed by atoms with E-state index in [1.807, 2.05) is 0 Å². The number of nitrogens with one attached hydrogen (secondary N) is 2. The molecule has 2 amide bonds. The zero-order valence-corrected chi connectivity index (χ0v) is 7.90. The molecule has 0 unspecified atom stereocenters. The normalized spacial score (nSPS) is 15.1. The van der Waals surface area contributed by atoms with Gasteiger partial charge in [0, 0.05) is 6.07 Å². The number of aryl methyl sites for hydroxylation is 1. The Balaban J connectivity index is 2.01. The average molecular weight is 208 g/mol. The van der Waals surface area contributed by atoms with E-state index in [0.717, 1.165) is 5.69 Å². The number of rotatable bonds is 2. The Bertz CT molecular complexity index is 430. The minimum atomic E-state index is -0.706. The van der Waals surface area contributed by atoms with E-state index >= 15 is 0 Å². The van der Waals surface area contributed by atoms with Gasteiger partial charge in [0.2, 0.25) is 5.96 Å². The summed E-state index contributed by atoms with van der Waals surface area (Å²) in [7, 11) is 0. The van der Waals surface area contributed by atoms with Crippen molar-refractivity contribution < 1.29 is 14.1 Å². The quantitative estimate of drug-likeness (QED) is 0.614. The first-order chi connectivity index (χ1) is 7.15. The van der Waals surface area contributed by atoms with Gasteiger partial charge in [-0.3, -0.25) is 20.2 Å². The van der Waals surface area contributed by atoms with Gasteiger partial charge in [-0.1, -0.05) is 5.16 Å². The number of aromatic nitrogens is 1. The third-order valence-electron chi connectivity index (χ3n) is 1.74. The molecule has 78 valence electrons. The van der Waals surface area contributed by atoms with Crippen LogP contribution in [0.25, 0.3) is 0 Å². The summed E-state index contributed by atoms with van der Waals surface area (Å²) in [5, 5.41) is 8.21. The molecule has 2 rings (SSSR count). The largest absolute Gasteiger partial charge is 0.359 e. The SMILES string of the molecule is Cc1cc(CN=C2NC(=O)C(=O)N2)on1. The molecule has 2 N–H and O–H groups in total. The van der Waals surface area contributed by atoms with Gasteiger partial charge >= 0.3 is 11.8 Å². The maximum Gasteiger partial charge on any atom is 0.316 e. The topological polar surface area (TPSA) is 96.6 Å². The lowest BCUT2D eigenvalue weighted by Crippen LogP contribution is -2.25. The van der Waals surface area contributed by atoms with Gasteiger partial charge in [0.05, 0.1) is 5.69 Å². The highest BCUT2D eigenvalue weighted by molar-refractivity contribution is 6.45. The van der Waals surface area contributed by atoms with E-state index in [1.54, 1.807) is 13.0 Å². The Morgan fingerprint density at radius 3 is 2.60 bits per heavy atom. The summed E-state index contributed by atoms with van der Waals surface area (Å²) < 4.78 is 4.90. The fraction of sp³-hybridized carbons (Fsp3) is 0.250. The van der Waals surface area contributed by atoms with Crippen molar-refractivity contribution in [3.05, 3.63) is 17.5 Å². The smallest absolute Gasteiger partial charge is 0.316 e. The van der Waals surface area contributed by atoms with Crippen LogP contribution in [-0.2, 0) is 16.1 Å². The number of carbonyl (C=O) groups is 2. The van der Waals surface area contributed by atoms with E-state index in [0.29, 0.717) is 5.76 Å². The summed E-state index contributed by atoms with van der Waals surface area (Å²) in [5.74, 6) is -0.709. The average Bonchev–Trinajstić information content (AvgIpc) is 2.72. The van der Waals surface area contributed by atoms with Crippen LogP contribution in [0.5, 0.6) is 0 Å². The van der Waals surface area contributed by atoms with E-state index in [-0.39, 0.29) is 12.5 Å². The fourth-order valence-corrected chi connectivity index (χ4v) is 1.09. The number of aliphatic imine (C=N–C) groups is 1. The number of nitrogens with zero attached hydrogens (tertiary/aromatic N) is 2. The number of hydrogen-bond acceptors (Lipinski definition) is 5. The molecule has 1 aliphatic heterocycles. The third-order valence-corrected chi connectivity index (χ3v) is 1.74. The van der Waals surface area contributed by atoms with Crippen LogP contribution < -0.4 is 10.6 Å². The van der Waals surface area contributed by atoms with Crippen LogP contribution in [0, 0.1) is 6.92 Å². The number of amides is 2. The first kappa shape index (κ1) is 9.38. The first-order valence-electron chi connectivity index (χ1n) is 4.24. The molecule has 0 atom stereocenters. The van der Waals surface area contributed by atoms with Crippen molar-refractivity contribution in [2.75, 3.05) is 0 Å². The van der Waals surface area contributed by atoms with Gasteiger partial charge in [-0.15, -0.1) is 0 Å². The lowest BCUT2D eigenvalue weighted by Gasteiger charge is -1.93. The molecule has 1 aromatic rings. The van der Waals surface area contributed by atoms with Crippen LogP contribution in [0.2, 0.25) is 0 Å². The second-order valence-electron chi connectivity index (χ2n) is 3.01. The first-order valence-corrected chi connectivity index (χ1v) is 4.24. The van der Waals surface area contributed by atoms with Gasteiger partial charge in [-0.05, 0) is 6.92 Å². The molecule has 1 aromatic heterocycles. The molecule has 0 aromatic carbocycles. The van der Waals surface area contributed by atoms with Crippen molar-refractivity contribution in [1.82, 2.24) is 15.8 Å². The highest BCUT2D eigenvalue weighted by atomic mass is 16.5. The number of carbonyl (C=O) groups excluding carboxylic acids is 2. The number of hydrogen-bond donors (Lipinski definition) is 2. The zero-order valence-electron chi connectivity index (χ0n) is 7.90. The Morgan fingerprint density at radius 1 is 1.40 bits per heavy atom. The van der Waals surface area contributed by atoms with Crippen molar-refractivity contribution in [2.24, 2.45) is 4.99 Å². The molecule has 1 aliphatic rings. The molecule has 0 aliphatic carbocycles. The van der Waals surface area contributed by atoms with Crippen molar-refractivity contribution >= 4 is 17.8 Å². The number of guanidine groups is 1. The van der Waals surface area contributed by atoms with Crippen molar-refractivity contribution in [3.63, 3.8) is 0 Å². The van der Waals surface area contributed by atoms with Crippen molar-refractivity contribution in [3.8, 4) is 0 Å². The monoisotopic (exact) mass is 208 g/mol. The van der Waals surface area contributed by atoms with Crippen LogP contribution in [0.15, 0.2) is 15.6 Å². The van der Waals surface area contributed by atoms with Crippen LogP contribution in [0.1, 0.15) is 11.5 Å². The molecule has 7 heteroatoms. The Labute approximate surface area is 84.5 Å². The van der Waals surface area contributed by atoms with Crippen LogP contribution in [-0.4, -0.2) is 22.9 Å². The summed E-state index contributed by atoms with van der Waals surface area (Å²) in [5.41, 5.74) is 0.754. The summed E-state index contributed by atoms with van der Waals surface area (Å²) in [6.07, 6.45) is 0. The second kappa shape index (κ2) is 3.52. The lowest BCUT2D eigenvalue weighted by molar-refractivity contribution is -0.135. The molecular formula is C8H8N4O3. The van der Waals surface area contributed by atoms with Gasteiger partial charge in [0.1, 0.15) is 6.54 Å². The van der Waals surface area contributed by atoms with Gasteiger partial charge < -0.3 is 4.52 Å². The molecule has 1 fully saturated rings. The van der Waals surface area contributed by atoms with E-state index < -0.39 is 11.8 Å². The molecule has 2 heterocycles. The fourth-order valence-electron chi connectivity index (χ4n) is 1.09. The van der Waals surface area contributed by atoms with E-state index in [1.165, 1.54) is 0 Å². The van der Waals surface area contributed by atoms with Crippen LogP contribution in [0.4, 0.5) is 0 Å². The lowest BCUT2D eigenvalue weighted by atomic mass is 10.4. The molecule has 0 saturated carbocycles.